The predicted octanol–water partition coefficient (Wildman–Crippen LogP) is 10.9. The number of carbonyl (C=O) groups is 1. The molecule has 1 aliphatic heterocycles. The van der Waals surface area contributed by atoms with Gasteiger partial charge in [0, 0.05) is 55.9 Å². The van der Waals surface area contributed by atoms with Crippen LogP contribution in [0, 0.1) is 19.3 Å². The Morgan fingerprint density at radius 1 is 0.644 bits per heavy atom. The third-order valence-corrected chi connectivity index (χ3v) is 11.6. The van der Waals surface area contributed by atoms with Crippen LogP contribution >= 0.6 is 0 Å². The molecule has 1 amide bonds. The maximum Gasteiger partial charge on any atom is 0.410 e. The summed E-state index contributed by atoms with van der Waals surface area (Å²) in [6, 6.07) is 34.2. The first kappa shape index (κ1) is 42.0. The highest BCUT2D eigenvalue weighted by atomic mass is 16.6. The quantitative estimate of drug-likeness (QED) is 0.101. The summed E-state index contributed by atoms with van der Waals surface area (Å²) < 4.78 is 30.9. The summed E-state index contributed by atoms with van der Waals surface area (Å²) in [7, 11) is 3.38. The van der Waals surface area contributed by atoms with E-state index in [1.807, 2.05) is 50.2 Å². The van der Waals surface area contributed by atoms with Gasteiger partial charge in [0.15, 0.2) is 0 Å². The molecule has 2 aromatic heterocycles. The minimum absolute atomic E-state index is 0.311. The van der Waals surface area contributed by atoms with E-state index in [0.29, 0.717) is 52.4 Å². The molecule has 2 atom stereocenters. The summed E-state index contributed by atoms with van der Waals surface area (Å²) in [6.07, 6.45) is 3.78. The number of hydrogen-bond donors (Lipinski definition) is 0. The van der Waals surface area contributed by atoms with Crippen molar-refractivity contribution in [1.82, 2.24) is 14.9 Å². The van der Waals surface area contributed by atoms with Crippen LogP contribution in [0.1, 0.15) is 68.1 Å². The number of fused-ring (bicyclic) bond motifs is 2. The Bertz CT molecular complexity index is 2200. The summed E-state index contributed by atoms with van der Waals surface area (Å²) >= 11 is 0. The number of methoxy groups -OCH3 is 2. The smallest absolute Gasteiger partial charge is 0.410 e. The minimum atomic E-state index is -0.606. The number of pyridine rings is 2. The lowest BCUT2D eigenvalue weighted by atomic mass is 9.65. The topological polar surface area (TPSA) is 92.2 Å². The number of aromatic nitrogens is 2. The van der Waals surface area contributed by atoms with Crippen molar-refractivity contribution in [3.63, 3.8) is 0 Å². The third-order valence-electron chi connectivity index (χ3n) is 11.6. The van der Waals surface area contributed by atoms with Crippen LogP contribution in [0.2, 0.25) is 0 Å². The van der Waals surface area contributed by atoms with Gasteiger partial charge in [-0.25, -0.2) is 4.79 Å². The molecule has 0 bridgehead atoms. The first-order chi connectivity index (χ1) is 28.5. The van der Waals surface area contributed by atoms with Crippen molar-refractivity contribution in [3.05, 3.63) is 132 Å². The van der Waals surface area contributed by atoms with Gasteiger partial charge in [0.1, 0.15) is 5.60 Å². The molecule has 9 nitrogen and oxygen atoms in total. The van der Waals surface area contributed by atoms with Crippen molar-refractivity contribution in [2.45, 2.75) is 65.3 Å². The molecule has 4 aromatic carbocycles. The summed E-state index contributed by atoms with van der Waals surface area (Å²) in [5.41, 5.74) is 9.61. The second-order valence-electron chi connectivity index (χ2n) is 16.6. The molecule has 1 fully saturated rings. The molecular weight excluding hydrogens is 739 g/mol. The van der Waals surface area contributed by atoms with Gasteiger partial charge < -0.3 is 28.6 Å². The first-order valence-electron chi connectivity index (χ1n) is 20.6. The van der Waals surface area contributed by atoms with Crippen LogP contribution < -0.4 is 0 Å². The Labute approximate surface area is 348 Å². The van der Waals surface area contributed by atoms with Gasteiger partial charge >= 0.3 is 6.09 Å². The molecule has 0 N–H and O–H groups in total. The van der Waals surface area contributed by atoms with Crippen molar-refractivity contribution in [2.24, 2.45) is 5.41 Å². The van der Waals surface area contributed by atoms with Gasteiger partial charge in [-0.3, -0.25) is 9.97 Å². The van der Waals surface area contributed by atoms with E-state index in [1.165, 1.54) is 0 Å². The SMILES string of the molecule is COCCOC(c1ccc(-c2ccc3cccnc3c2C)cc1)C1(C(OCCOC)c2ccc(-c3ccc4cccnc4c3C)cc2)CCN(C(=O)OC(C)(C)C)CC1. The Hall–Kier alpha value is -5.19. The lowest BCUT2D eigenvalue weighted by molar-refractivity contribution is -0.161. The van der Waals surface area contributed by atoms with E-state index in [0.717, 1.165) is 66.3 Å². The second kappa shape index (κ2) is 18.4. The fourth-order valence-corrected chi connectivity index (χ4v) is 8.66. The molecule has 1 saturated heterocycles. The number of ether oxygens (including phenoxy) is 5. The van der Waals surface area contributed by atoms with E-state index < -0.39 is 23.2 Å². The standard InChI is InChI=1S/C50H57N3O6/c1-34-42(22-20-38-10-8-26-51-44(34)38)36-12-16-40(17-13-36)46(57-32-30-55-6)50(24-28-53(29-25-50)48(54)59-49(3,4)5)47(58-33-31-56-7)41-18-14-37(15-19-41)43-23-21-39-11-9-27-52-45(39)35(43)2/h8-23,26-27,46-47H,24-25,28-33H2,1-7H3. The molecule has 9 heteroatoms. The van der Waals surface area contributed by atoms with Crippen molar-refractivity contribution < 1.29 is 28.5 Å². The predicted molar refractivity (Wildman–Crippen MR) is 234 cm³/mol. The van der Waals surface area contributed by atoms with Gasteiger partial charge in [0.25, 0.3) is 0 Å². The molecule has 0 aliphatic carbocycles. The average molecular weight is 796 g/mol. The molecule has 0 radical (unpaired) electrons. The fraction of sp³-hybridized carbons (Fsp3) is 0.380. The van der Waals surface area contributed by atoms with Crippen LogP contribution in [0.4, 0.5) is 4.79 Å². The van der Waals surface area contributed by atoms with Crippen LogP contribution in [0.25, 0.3) is 44.1 Å². The Kier molecular flexibility index (Phi) is 13.1. The van der Waals surface area contributed by atoms with Crippen LogP contribution in [0.3, 0.4) is 0 Å². The number of carbonyl (C=O) groups excluding carboxylic acids is 1. The van der Waals surface area contributed by atoms with Gasteiger partial charge in [-0.1, -0.05) is 84.9 Å². The average Bonchev–Trinajstić information content (AvgIpc) is 3.24. The van der Waals surface area contributed by atoms with Crippen LogP contribution in [-0.4, -0.2) is 80.3 Å². The summed E-state index contributed by atoms with van der Waals surface area (Å²) in [4.78, 5) is 24.7. The number of likely N-dealkylation sites (tertiary alicyclic amines) is 1. The largest absolute Gasteiger partial charge is 0.444 e. The lowest BCUT2D eigenvalue weighted by Crippen LogP contribution is -2.50. The zero-order valence-corrected chi connectivity index (χ0v) is 35.5. The Balaban J connectivity index is 1.31. The number of benzene rings is 4. The monoisotopic (exact) mass is 795 g/mol. The minimum Gasteiger partial charge on any atom is -0.444 e. The van der Waals surface area contributed by atoms with Crippen molar-refractivity contribution in [1.29, 1.82) is 0 Å². The fourth-order valence-electron chi connectivity index (χ4n) is 8.66. The summed E-state index contributed by atoms with van der Waals surface area (Å²) in [6.45, 7) is 12.6. The number of rotatable bonds is 14. The van der Waals surface area contributed by atoms with E-state index in [1.54, 1.807) is 14.2 Å². The number of amides is 1. The van der Waals surface area contributed by atoms with E-state index >= 15 is 0 Å². The normalized spacial score (nSPS) is 15.3. The van der Waals surface area contributed by atoms with Gasteiger partial charge in [0.05, 0.1) is 49.7 Å². The van der Waals surface area contributed by atoms with Gasteiger partial charge in [-0.2, -0.15) is 0 Å². The van der Waals surface area contributed by atoms with E-state index in [4.69, 9.17) is 23.7 Å². The molecule has 59 heavy (non-hydrogen) atoms. The van der Waals surface area contributed by atoms with Crippen LogP contribution in [0.15, 0.2) is 109 Å². The van der Waals surface area contributed by atoms with E-state index in [2.05, 4.69) is 109 Å². The van der Waals surface area contributed by atoms with Crippen molar-refractivity contribution in [2.75, 3.05) is 53.7 Å². The highest BCUT2D eigenvalue weighted by Crippen LogP contribution is 2.55. The second-order valence-corrected chi connectivity index (χ2v) is 16.6. The van der Waals surface area contributed by atoms with Gasteiger partial charge in [-0.05, 0) is 104 Å². The molecule has 2 unspecified atom stereocenters. The lowest BCUT2D eigenvalue weighted by Gasteiger charge is -2.50. The van der Waals surface area contributed by atoms with Crippen molar-refractivity contribution >= 4 is 27.9 Å². The number of hydrogen-bond acceptors (Lipinski definition) is 8. The molecule has 0 saturated carbocycles. The molecule has 6 aromatic rings. The molecule has 308 valence electrons. The Morgan fingerprint density at radius 2 is 1.08 bits per heavy atom. The van der Waals surface area contributed by atoms with Gasteiger partial charge in [0.2, 0.25) is 0 Å². The summed E-state index contributed by atoms with van der Waals surface area (Å²) in [5.74, 6) is 0. The number of aryl methyl sites for hydroxylation is 2. The van der Waals surface area contributed by atoms with Gasteiger partial charge in [-0.15, -0.1) is 0 Å². The first-order valence-corrected chi connectivity index (χ1v) is 20.6. The molecule has 0 spiro atoms. The Morgan fingerprint density at radius 3 is 1.49 bits per heavy atom. The third kappa shape index (κ3) is 9.19. The maximum absolute atomic E-state index is 13.5. The summed E-state index contributed by atoms with van der Waals surface area (Å²) in [5, 5.41) is 2.24. The molecule has 3 heterocycles. The van der Waals surface area contributed by atoms with E-state index in [9.17, 15) is 4.79 Å². The highest BCUT2D eigenvalue weighted by molar-refractivity contribution is 5.89. The zero-order chi connectivity index (χ0) is 41.6. The number of piperidine rings is 1. The van der Waals surface area contributed by atoms with Crippen LogP contribution in [-0.2, 0) is 23.7 Å². The highest BCUT2D eigenvalue weighted by Gasteiger charge is 2.51. The molecule has 1 aliphatic rings. The number of nitrogens with zero attached hydrogens (tertiary/aromatic N) is 3. The van der Waals surface area contributed by atoms with Crippen molar-refractivity contribution in [3.8, 4) is 22.3 Å². The zero-order valence-electron chi connectivity index (χ0n) is 35.5. The van der Waals surface area contributed by atoms with E-state index in [-0.39, 0.29) is 6.09 Å². The van der Waals surface area contributed by atoms with Crippen LogP contribution in [0.5, 0.6) is 0 Å². The molecule has 7 rings (SSSR count). The maximum atomic E-state index is 13.5. The molecular formula is C50H57N3O6.